The van der Waals surface area contributed by atoms with Crippen molar-refractivity contribution in [2.24, 2.45) is 5.41 Å². The predicted octanol–water partition coefficient (Wildman–Crippen LogP) is 2.02. The molecule has 0 aromatic heterocycles. The molecule has 1 aliphatic rings. The minimum atomic E-state index is -4.30. The molecule has 1 heterocycles. The van der Waals surface area contributed by atoms with Crippen LogP contribution in [0.2, 0.25) is 0 Å². The van der Waals surface area contributed by atoms with Crippen LogP contribution in [-0.2, 0) is 0 Å². The van der Waals surface area contributed by atoms with E-state index in [1.165, 1.54) is 0 Å². The molecular formula is C12H22F3N3O. The zero-order valence-electron chi connectivity index (χ0n) is 11.6. The number of rotatable bonds is 2. The third kappa shape index (κ3) is 4.56. The van der Waals surface area contributed by atoms with Crippen LogP contribution >= 0.6 is 0 Å². The molecule has 0 unspecified atom stereocenters. The van der Waals surface area contributed by atoms with Crippen LogP contribution in [0.15, 0.2) is 0 Å². The monoisotopic (exact) mass is 281 g/mol. The van der Waals surface area contributed by atoms with Crippen molar-refractivity contribution in [1.29, 1.82) is 0 Å². The summed E-state index contributed by atoms with van der Waals surface area (Å²) in [5, 5.41) is 7.86. The highest BCUT2D eigenvalue weighted by Gasteiger charge is 2.54. The molecular weight excluding hydrogens is 259 g/mol. The Morgan fingerprint density at radius 3 is 2.16 bits per heavy atom. The van der Waals surface area contributed by atoms with Crippen molar-refractivity contribution in [2.75, 3.05) is 19.6 Å². The smallest absolute Gasteiger partial charge is 0.337 e. The molecule has 0 aromatic carbocycles. The van der Waals surface area contributed by atoms with Gasteiger partial charge in [-0.15, -0.1) is 0 Å². The third-order valence-electron chi connectivity index (χ3n) is 3.24. The van der Waals surface area contributed by atoms with Crippen LogP contribution in [-0.4, -0.2) is 37.4 Å². The summed E-state index contributed by atoms with van der Waals surface area (Å²) in [5.41, 5.74) is -2.28. The maximum atomic E-state index is 13.2. The molecule has 0 aromatic rings. The number of nitrogens with one attached hydrogen (secondary N) is 3. The maximum absolute atomic E-state index is 13.2. The van der Waals surface area contributed by atoms with E-state index in [9.17, 15) is 18.0 Å². The Balaban J connectivity index is 2.62. The third-order valence-corrected chi connectivity index (χ3v) is 3.24. The lowest BCUT2D eigenvalue weighted by atomic mass is 9.78. The van der Waals surface area contributed by atoms with Gasteiger partial charge in [-0.2, -0.15) is 13.2 Å². The molecule has 19 heavy (non-hydrogen) atoms. The second-order valence-electron chi connectivity index (χ2n) is 6.09. The van der Waals surface area contributed by atoms with Gasteiger partial charge in [-0.3, -0.25) is 0 Å². The molecule has 1 saturated heterocycles. The summed E-state index contributed by atoms with van der Waals surface area (Å²) < 4.78 is 39.6. The van der Waals surface area contributed by atoms with Gasteiger partial charge < -0.3 is 16.0 Å². The largest absolute Gasteiger partial charge is 0.396 e. The van der Waals surface area contributed by atoms with Crippen LogP contribution < -0.4 is 16.0 Å². The average Bonchev–Trinajstić information content (AvgIpc) is 2.24. The van der Waals surface area contributed by atoms with Gasteiger partial charge in [0.2, 0.25) is 0 Å². The second-order valence-corrected chi connectivity index (χ2v) is 6.09. The predicted molar refractivity (Wildman–Crippen MR) is 66.9 cm³/mol. The lowest BCUT2D eigenvalue weighted by Gasteiger charge is -2.39. The van der Waals surface area contributed by atoms with E-state index in [0.717, 1.165) is 0 Å². The maximum Gasteiger partial charge on any atom is 0.396 e. The molecule has 112 valence electrons. The summed E-state index contributed by atoms with van der Waals surface area (Å²) >= 11 is 0. The van der Waals surface area contributed by atoms with Gasteiger partial charge >= 0.3 is 12.2 Å². The number of hydrogen-bond donors (Lipinski definition) is 3. The van der Waals surface area contributed by atoms with Crippen molar-refractivity contribution in [3.8, 4) is 0 Å². The number of alkyl halides is 3. The SMILES string of the molecule is CC(C)(C)NC(=O)NCC1(C(F)(F)F)CCNCC1. The van der Waals surface area contributed by atoms with Crippen LogP contribution in [0, 0.1) is 5.41 Å². The summed E-state index contributed by atoms with van der Waals surface area (Å²) in [6.07, 6.45) is -4.32. The molecule has 0 radical (unpaired) electrons. The lowest BCUT2D eigenvalue weighted by molar-refractivity contribution is -0.229. The van der Waals surface area contributed by atoms with E-state index in [1.54, 1.807) is 20.8 Å². The first-order chi connectivity index (χ1) is 8.56. The number of carbonyl (C=O) groups is 1. The van der Waals surface area contributed by atoms with Gasteiger partial charge in [-0.25, -0.2) is 4.79 Å². The Kier molecular flexibility index (Phi) is 4.71. The van der Waals surface area contributed by atoms with Crippen LogP contribution in [0.25, 0.3) is 0 Å². The number of hydrogen-bond acceptors (Lipinski definition) is 2. The molecule has 0 spiro atoms. The number of carbonyl (C=O) groups excluding carboxylic acids is 1. The Labute approximate surface area is 111 Å². The minimum Gasteiger partial charge on any atom is -0.337 e. The fourth-order valence-corrected chi connectivity index (χ4v) is 2.10. The minimum absolute atomic E-state index is 0.00764. The number of halogens is 3. The van der Waals surface area contributed by atoms with E-state index in [1.807, 2.05) is 0 Å². The van der Waals surface area contributed by atoms with Crippen LogP contribution in [0.5, 0.6) is 0 Å². The Hall–Kier alpha value is -0.980. The molecule has 0 atom stereocenters. The van der Waals surface area contributed by atoms with Crippen molar-refractivity contribution >= 4 is 6.03 Å². The van der Waals surface area contributed by atoms with Crippen molar-refractivity contribution in [1.82, 2.24) is 16.0 Å². The van der Waals surface area contributed by atoms with E-state index in [4.69, 9.17) is 0 Å². The summed E-state index contributed by atoms with van der Waals surface area (Å²) in [6.45, 7) is 5.59. The molecule has 1 fully saturated rings. The van der Waals surface area contributed by atoms with Crippen molar-refractivity contribution in [2.45, 2.75) is 45.3 Å². The highest BCUT2D eigenvalue weighted by atomic mass is 19.4. The molecule has 2 amide bonds. The first-order valence-corrected chi connectivity index (χ1v) is 6.39. The average molecular weight is 281 g/mol. The molecule has 0 aliphatic carbocycles. The summed E-state index contributed by atoms with van der Waals surface area (Å²) in [5.74, 6) is 0. The van der Waals surface area contributed by atoms with Crippen molar-refractivity contribution < 1.29 is 18.0 Å². The first kappa shape index (κ1) is 16.1. The van der Waals surface area contributed by atoms with E-state index >= 15 is 0 Å². The van der Waals surface area contributed by atoms with Gasteiger partial charge in [-0.05, 0) is 46.7 Å². The van der Waals surface area contributed by atoms with E-state index in [0.29, 0.717) is 13.1 Å². The van der Waals surface area contributed by atoms with Crippen LogP contribution in [0.3, 0.4) is 0 Å². The first-order valence-electron chi connectivity index (χ1n) is 6.39. The van der Waals surface area contributed by atoms with E-state index in [2.05, 4.69) is 16.0 Å². The number of amides is 2. The van der Waals surface area contributed by atoms with Gasteiger partial charge in [0.25, 0.3) is 0 Å². The standard InChI is InChI=1S/C12H22F3N3O/c1-10(2,3)18-9(19)17-8-11(12(13,14)15)4-6-16-7-5-11/h16H,4-8H2,1-3H3,(H2,17,18,19). The summed E-state index contributed by atoms with van der Waals surface area (Å²) in [7, 11) is 0. The number of piperidine rings is 1. The van der Waals surface area contributed by atoms with Gasteiger partial charge in [0.1, 0.15) is 0 Å². The highest BCUT2D eigenvalue weighted by molar-refractivity contribution is 5.74. The Morgan fingerprint density at radius 1 is 1.21 bits per heavy atom. The zero-order chi connectivity index (χ0) is 14.7. The topological polar surface area (TPSA) is 53.2 Å². The van der Waals surface area contributed by atoms with Gasteiger partial charge in [0, 0.05) is 12.1 Å². The van der Waals surface area contributed by atoms with Crippen molar-refractivity contribution in [3.05, 3.63) is 0 Å². The molecule has 1 rings (SSSR count). The van der Waals surface area contributed by atoms with E-state index < -0.39 is 23.2 Å². The van der Waals surface area contributed by atoms with Crippen LogP contribution in [0.1, 0.15) is 33.6 Å². The molecule has 0 bridgehead atoms. The lowest BCUT2D eigenvalue weighted by Crippen LogP contribution is -2.55. The Morgan fingerprint density at radius 2 is 1.74 bits per heavy atom. The summed E-state index contributed by atoms with van der Waals surface area (Å²) in [4.78, 5) is 11.6. The fourth-order valence-electron chi connectivity index (χ4n) is 2.10. The Bertz CT molecular complexity index is 317. The highest BCUT2D eigenvalue weighted by Crippen LogP contribution is 2.44. The van der Waals surface area contributed by atoms with Gasteiger partial charge in [0.05, 0.1) is 5.41 Å². The van der Waals surface area contributed by atoms with Gasteiger partial charge in [-0.1, -0.05) is 0 Å². The number of urea groups is 1. The fraction of sp³-hybridized carbons (Fsp3) is 0.917. The molecule has 0 saturated carbocycles. The van der Waals surface area contributed by atoms with Crippen molar-refractivity contribution in [3.63, 3.8) is 0 Å². The van der Waals surface area contributed by atoms with Gasteiger partial charge in [0.15, 0.2) is 0 Å². The second kappa shape index (κ2) is 5.56. The molecule has 7 heteroatoms. The molecule has 3 N–H and O–H groups in total. The normalized spacial score (nSPS) is 19.9. The quantitative estimate of drug-likeness (QED) is 0.725. The van der Waals surface area contributed by atoms with E-state index in [-0.39, 0.29) is 19.4 Å². The molecule has 1 aliphatic heterocycles. The van der Waals surface area contributed by atoms with Crippen LogP contribution in [0.4, 0.5) is 18.0 Å². The zero-order valence-corrected chi connectivity index (χ0v) is 11.6. The summed E-state index contributed by atoms with van der Waals surface area (Å²) in [6, 6.07) is -0.561. The molecule has 4 nitrogen and oxygen atoms in total.